The summed E-state index contributed by atoms with van der Waals surface area (Å²) in [7, 11) is 0. The Labute approximate surface area is 201 Å². The van der Waals surface area contributed by atoms with E-state index in [4.69, 9.17) is 31.4 Å². The number of carbonyl (C=O) groups is 2. The van der Waals surface area contributed by atoms with E-state index in [2.05, 4.69) is 26.8 Å². The smallest absolute Gasteiger partial charge is 0.290 e. The predicted molar refractivity (Wildman–Crippen MR) is 130 cm³/mol. The molecule has 0 unspecified atom stereocenters. The minimum absolute atomic E-state index is 0.0557. The molecular formula is C24H38ClN3O5. The molecule has 1 aromatic carbocycles. The van der Waals surface area contributed by atoms with Gasteiger partial charge in [-0.25, -0.2) is 0 Å². The van der Waals surface area contributed by atoms with Crippen molar-refractivity contribution < 1.29 is 24.9 Å². The van der Waals surface area contributed by atoms with Crippen molar-refractivity contribution in [2.24, 2.45) is 5.41 Å². The first kappa shape index (κ1) is 27.4. The normalized spacial score (nSPS) is 25.5. The van der Waals surface area contributed by atoms with Crippen molar-refractivity contribution in [3.63, 3.8) is 0 Å². The van der Waals surface area contributed by atoms with Crippen LogP contribution in [0.5, 0.6) is 0 Å². The van der Waals surface area contributed by atoms with Crippen LogP contribution in [0.1, 0.15) is 38.5 Å². The fourth-order valence-electron chi connectivity index (χ4n) is 5.47. The summed E-state index contributed by atoms with van der Waals surface area (Å²) in [6.45, 7) is 8.65. The second-order valence-corrected chi connectivity index (χ2v) is 9.46. The molecule has 3 N–H and O–H groups in total. The molecule has 33 heavy (non-hydrogen) atoms. The minimum atomic E-state index is -0.250. The Kier molecular flexibility index (Phi) is 11.9. The van der Waals surface area contributed by atoms with Crippen molar-refractivity contribution in [3.8, 4) is 0 Å². The number of halogens is 1. The van der Waals surface area contributed by atoms with Gasteiger partial charge in [0, 0.05) is 48.8 Å². The number of nitrogens with zero attached hydrogens (tertiary/aromatic N) is 3. The van der Waals surface area contributed by atoms with Crippen LogP contribution < -0.4 is 4.90 Å². The Bertz CT molecular complexity index is 711. The molecule has 3 aliphatic rings. The second-order valence-electron chi connectivity index (χ2n) is 9.02. The topological polar surface area (TPSA) is 105 Å². The van der Waals surface area contributed by atoms with E-state index in [0.717, 1.165) is 44.2 Å². The Balaban J connectivity index is 0.000000582. The maximum atomic E-state index is 10.4. The summed E-state index contributed by atoms with van der Waals surface area (Å²) >= 11 is 6.13. The maximum Gasteiger partial charge on any atom is 0.290 e. The van der Waals surface area contributed by atoms with Gasteiger partial charge in [-0.3, -0.25) is 14.5 Å². The second kappa shape index (κ2) is 14.4. The Morgan fingerprint density at radius 2 is 1.61 bits per heavy atom. The lowest BCUT2D eigenvalue weighted by atomic mass is 9.76. The minimum Gasteiger partial charge on any atom is -0.483 e. The maximum absolute atomic E-state index is 10.4. The molecule has 2 saturated heterocycles. The lowest BCUT2D eigenvalue weighted by molar-refractivity contribution is -0.123. The number of hydrogen-bond acceptors (Lipinski definition) is 6. The number of piperidine rings is 1. The fourth-order valence-corrected chi connectivity index (χ4v) is 5.65. The molecule has 186 valence electrons. The van der Waals surface area contributed by atoms with Gasteiger partial charge in [-0.2, -0.15) is 0 Å². The van der Waals surface area contributed by atoms with E-state index >= 15 is 0 Å². The van der Waals surface area contributed by atoms with Crippen LogP contribution in [-0.4, -0.2) is 96.5 Å². The lowest BCUT2D eigenvalue weighted by Crippen LogP contribution is -2.49. The van der Waals surface area contributed by atoms with Crippen LogP contribution in [-0.2, 0) is 9.59 Å². The summed E-state index contributed by atoms with van der Waals surface area (Å²) in [5, 5.41) is 25.0. The number of rotatable bonds is 5. The van der Waals surface area contributed by atoms with Crippen molar-refractivity contribution in [1.29, 1.82) is 0 Å². The molecule has 0 amide bonds. The van der Waals surface area contributed by atoms with Gasteiger partial charge in [-0.1, -0.05) is 24.1 Å². The molecule has 3 fully saturated rings. The fraction of sp³-hybridized carbons (Fsp3) is 0.667. The highest BCUT2D eigenvalue weighted by Crippen LogP contribution is 2.44. The summed E-state index contributed by atoms with van der Waals surface area (Å²) in [6, 6.07) is 8.21. The largest absolute Gasteiger partial charge is 0.483 e. The Morgan fingerprint density at radius 1 is 0.970 bits per heavy atom. The quantitative estimate of drug-likeness (QED) is 0.549. The van der Waals surface area contributed by atoms with E-state index in [0.29, 0.717) is 0 Å². The SMILES string of the molecule is O=CO.O=CO.O[C@@H]1CCC[C@@]12CCCN(CCCN1CCN(c3cccc(Cl)c3)CC1)C2. The lowest BCUT2D eigenvalue weighted by Gasteiger charge is -2.43. The van der Waals surface area contributed by atoms with Gasteiger partial charge in [0.15, 0.2) is 0 Å². The summed E-state index contributed by atoms with van der Waals surface area (Å²) in [6.07, 6.45) is 7.14. The predicted octanol–water partition coefficient (Wildman–Crippen LogP) is 2.88. The van der Waals surface area contributed by atoms with Gasteiger partial charge in [0.2, 0.25) is 0 Å². The van der Waals surface area contributed by atoms with Gasteiger partial charge in [0.05, 0.1) is 6.10 Å². The third kappa shape index (κ3) is 8.45. The average molecular weight is 484 g/mol. The van der Waals surface area contributed by atoms with E-state index in [-0.39, 0.29) is 24.5 Å². The highest BCUT2D eigenvalue weighted by molar-refractivity contribution is 6.30. The molecule has 4 rings (SSSR count). The van der Waals surface area contributed by atoms with Crippen LogP contribution >= 0.6 is 11.6 Å². The first-order valence-corrected chi connectivity index (χ1v) is 12.1. The van der Waals surface area contributed by atoms with Gasteiger partial charge in [-0.05, 0) is 69.9 Å². The zero-order chi connectivity index (χ0) is 24.1. The molecule has 2 heterocycles. The van der Waals surface area contributed by atoms with Crippen LogP contribution in [0.15, 0.2) is 24.3 Å². The van der Waals surface area contributed by atoms with Crippen molar-refractivity contribution >= 4 is 30.2 Å². The van der Waals surface area contributed by atoms with Gasteiger partial charge < -0.3 is 25.1 Å². The highest BCUT2D eigenvalue weighted by atomic mass is 35.5. The monoisotopic (exact) mass is 483 g/mol. The molecule has 8 nitrogen and oxygen atoms in total. The highest BCUT2D eigenvalue weighted by Gasteiger charge is 2.44. The third-order valence-corrected chi connectivity index (χ3v) is 7.28. The standard InChI is InChI=1S/C22H34ClN3O.2CH2O2/c23-19-5-1-6-20(17-19)26-15-13-24(14-16-26)11-4-12-25-10-3-9-22(18-25)8-2-7-21(22)27;2*2-1-3/h1,5-6,17,21,27H,2-4,7-16,18H2;2*1H,(H,2,3)/t21-,22+;;/m1../s1. The van der Waals surface area contributed by atoms with E-state index < -0.39 is 0 Å². The number of aliphatic hydroxyl groups is 1. The molecule has 2 aliphatic heterocycles. The molecule has 2 atom stereocenters. The van der Waals surface area contributed by atoms with Crippen LogP contribution in [0.3, 0.4) is 0 Å². The molecule has 1 saturated carbocycles. The van der Waals surface area contributed by atoms with Gasteiger partial charge >= 0.3 is 0 Å². The van der Waals surface area contributed by atoms with Crippen molar-refractivity contribution in [1.82, 2.24) is 9.80 Å². The average Bonchev–Trinajstić information content (AvgIpc) is 3.14. The summed E-state index contributed by atoms with van der Waals surface area (Å²) in [5.41, 5.74) is 1.47. The number of anilines is 1. The molecule has 0 aromatic heterocycles. The van der Waals surface area contributed by atoms with E-state index in [1.807, 2.05) is 12.1 Å². The molecular weight excluding hydrogens is 446 g/mol. The van der Waals surface area contributed by atoms with Crippen LogP contribution in [0.2, 0.25) is 5.02 Å². The van der Waals surface area contributed by atoms with Gasteiger partial charge in [0.25, 0.3) is 12.9 Å². The van der Waals surface area contributed by atoms with Crippen molar-refractivity contribution in [2.45, 2.75) is 44.6 Å². The first-order chi connectivity index (χ1) is 16.0. The number of likely N-dealkylation sites (tertiary alicyclic amines) is 1. The molecule has 1 aromatic rings. The zero-order valence-corrected chi connectivity index (χ0v) is 20.1. The Morgan fingerprint density at radius 3 is 2.21 bits per heavy atom. The number of benzene rings is 1. The number of hydrogen-bond donors (Lipinski definition) is 3. The van der Waals surface area contributed by atoms with Crippen LogP contribution in [0, 0.1) is 5.41 Å². The number of piperazine rings is 1. The van der Waals surface area contributed by atoms with Gasteiger partial charge in [0.1, 0.15) is 0 Å². The third-order valence-electron chi connectivity index (χ3n) is 7.04. The summed E-state index contributed by atoms with van der Waals surface area (Å²) in [5.74, 6) is 0. The van der Waals surface area contributed by atoms with E-state index in [1.54, 1.807) is 0 Å². The van der Waals surface area contributed by atoms with Crippen molar-refractivity contribution in [2.75, 3.05) is 57.3 Å². The zero-order valence-electron chi connectivity index (χ0n) is 19.3. The van der Waals surface area contributed by atoms with Crippen LogP contribution in [0.25, 0.3) is 0 Å². The van der Waals surface area contributed by atoms with Crippen LogP contribution in [0.4, 0.5) is 5.69 Å². The van der Waals surface area contributed by atoms with Crippen molar-refractivity contribution in [3.05, 3.63) is 29.3 Å². The molecule has 9 heteroatoms. The Hall–Kier alpha value is -1.87. The molecule has 0 bridgehead atoms. The van der Waals surface area contributed by atoms with Gasteiger partial charge in [-0.15, -0.1) is 0 Å². The molecule has 1 spiro atoms. The van der Waals surface area contributed by atoms with E-state index in [1.165, 1.54) is 57.4 Å². The molecule has 1 aliphatic carbocycles. The summed E-state index contributed by atoms with van der Waals surface area (Å²) < 4.78 is 0. The first-order valence-electron chi connectivity index (χ1n) is 11.8. The summed E-state index contributed by atoms with van der Waals surface area (Å²) in [4.78, 5) is 24.4. The number of aliphatic hydroxyl groups excluding tert-OH is 1. The molecule has 0 radical (unpaired) electrons. The number of carboxylic acid groups (broad SMARTS) is 2. The van der Waals surface area contributed by atoms with E-state index in [9.17, 15) is 5.11 Å².